The molecule has 106 valence electrons. The SMILES string of the molecule is CC(=O)SC1CC(=O)N(c2cc([N+](=O)[O-])ccc2O)C1. The number of nitro benzene ring substituents is 1. The Morgan fingerprint density at radius 2 is 2.25 bits per heavy atom. The number of rotatable bonds is 3. The first kappa shape index (κ1) is 14.3. The highest BCUT2D eigenvalue weighted by Gasteiger charge is 2.33. The first-order chi connectivity index (χ1) is 9.38. The molecule has 0 radical (unpaired) electrons. The molecule has 0 bridgehead atoms. The van der Waals surface area contributed by atoms with Gasteiger partial charge in [0.25, 0.3) is 5.69 Å². The highest BCUT2D eigenvalue weighted by Crippen LogP contribution is 2.36. The van der Waals surface area contributed by atoms with Crippen molar-refractivity contribution < 1.29 is 19.6 Å². The van der Waals surface area contributed by atoms with Crippen LogP contribution < -0.4 is 4.90 Å². The Morgan fingerprint density at radius 1 is 1.55 bits per heavy atom. The molecule has 1 N–H and O–H groups in total. The number of thioether (sulfide) groups is 1. The maximum atomic E-state index is 11.9. The van der Waals surface area contributed by atoms with Crippen LogP contribution in [0.2, 0.25) is 0 Å². The monoisotopic (exact) mass is 296 g/mol. The minimum absolute atomic E-state index is 0.0899. The first-order valence-corrected chi connectivity index (χ1v) is 6.71. The number of aromatic hydroxyl groups is 1. The van der Waals surface area contributed by atoms with E-state index in [0.717, 1.165) is 17.8 Å². The minimum Gasteiger partial charge on any atom is -0.506 e. The Morgan fingerprint density at radius 3 is 2.85 bits per heavy atom. The summed E-state index contributed by atoms with van der Waals surface area (Å²) in [5.41, 5.74) is -0.0934. The number of hydrogen-bond acceptors (Lipinski definition) is 6. The van der Waals surface area contributed by atoms with Crippen molar-refractivity contribution in [2.24, 2.45) is 0 Å². The van der Waals surface area contributed by atoms with Crippen LogP contribution in [0.3, 0.4) is 0 Å². The molecule has 1 fully saturated rings. The molecule has 0 saturated carbocycles. The number of carbonyl (C=O) groups excluding carboxylic acids is 2. The summed E-state index contributed by atoms with van der Waals surface area (Å²) >= 11 is 1.06. The van der Waals surface area contributed by atoms with Gasteiger partial charge in [0.05, 0.1) is 10.6 Å². The summed E-state index contributed by atoms with van der Waals surface area (Å²) in [6.07, 6.45) is 0.173. The van der Waals surface area contributed by atoms with Gasteiger partial charge in [-0.3, -0.25) is 19.7 Å². The third kappa shape index (κ3) is 2.90. The maximum Gasteiger partial charge on any atom is 0.271 e. The van der Waals surface area contributed by atoms with E-state index in [1.807, 2.05) is 0 Å². The zero-order chi connectivity index (χ0) is 14.9. The lowest BCUT2D eigenvalue weighted by molar-refractivity contribution is -0.384. The Bertz CT molecular complexity index is 589. The van der Waals surface area contributed by atoms with Crippen molar-refractivity contribution in [3.8, 4) is 5.75 Å². The lowest BCUT2D eigenvalue weighted by atomic mass is 10.2. The molecule has 0 aliphatic carbocycles. The lowest BCUT2D eigenvalue weighted by Gasteiger charge is -2.17. The summed E-state index contributed by atoms with van der Waals surface area (Å²) in [6, 6.07) is 3.52. The second kappa shape index (κ2) is 5.49. The molecule has 1 amide bonds. The Hall–Kier alpha value is -2.09. The van der Waals surface area contributed by atoms with Gasteiger partial charge in [0.15, 0.2) is 5.12 Å². The number of anilines is 1. The number of benzene rings is 1. The average Bonchev–Trinajstić information content (AvgIpc) is 2.69. The number of phenolic OH excluding ortho intramolecular Hbond substituents is 1. The Balaban J connectivity index is 2.27. The quantitative estimate of drug-likeness (QED) is 0.672. The lowest BCUT2D eigenvalue weighted by Crippen LogP contribution is -2.25. The van der Waals surface area contributed by atoms with Crippen LogP contribution in [0.4, 0.5) is 11.4 Å². The topological polar surface area (TPSA) is 101 Å². The number of nitrogens with zero attached hydrogens (tertiary/aromatic N) is 2. The van der Waals surface area contributed by atoms with Crippen LogP contribution >= 0.6 is 11.8 Å². The summed E-state index contributed by atoms with van der Waals surface area (Å²) in [6.45, 7) is 1.67. The van der Waals surface area contributed by atoms with Gasteiger partial charge in [0.1, 0.15) is 5.75 Å². The van der Waals surface area contributed by atoms with Crippen LogP contribution in [0.1, 0.15) is 13.3 Å². The largest absolute Gasteiger partial charge is 0.506 e. The van der Waals surface area contributed by atoms with Crippen molar-refractivity contribution in [1.29, 1.82) is 0 Å². The van der Waals surface area contributed by atoms with Gasteiger partial charge in [0, 0.05) is 37.3 Å². The molecule has 7 nitrogen and oxygen atoms in total. The number of amides is 1. The Kier molecular flexibility index (Phi) is 3.93. The van der Waals surface area contributed by atoms with Gasteiger partial charge >= 0.3 is 0 Å². The minimum atomic E-state index is -0.592. The molecule has 1 aliphatic rings. The van der Waals surface area contributed by atoms with Crippen molar-refractivity contribution in [3.05, 3.63) is 28.3 Å². The molecule has 1 atom stereocenters. The van der Waals surface area contributed by atoms with E-state index in [0.29, 0.717) is 0 Å². The molecular formula is C12H12N2O5S. The van der Waals surface area contributed by atoms with Crippen LogP contribution in [0, 0.1) is 10.1 Å². The standard InChI is InChI=1S/C12H12N2O5S/c1-7(15)20-9-5-12(17)13(6-9)10-4-8(14(18)19)2-3-11(10)16/h2-4,9,16H,5-6H2,1H3. The smallest absolute Gasteiger partial charge is 0.271 e. The van der Waals surface area contributed by atoms with E-state index < -0.39 is 4.92 Å². The Labute approximate surface area is 118 Å². The van der Waals surface area contributed by atoms with Crippen molar-refractivity contribution in [1.82, 2.24) is 0 Å². The molecule has 0 spiro atoms. The van der Waals surface area contributed by atoms with Gasteiger partial charge in [-0.05, 0) is 6.07 Å². The second-order valence-electron chi connectivity index (χ2n) is 4.37. The molecular weight excluding hydrogens is 284 g/mol. The molecule has 2 rings (SSSR count). The van der Waals surface area contributed by atoms with Gasteiger partial charge in [0.2, 0.25) is 5.91 Å². The van der Waals surface area contributed by atoms with Gasteiger partial charge in [-0.25, -0.2) is 0 Å². The van der Waals surface area contributed by atoms with Crippen molar-refractivity contribution in [3.63, 3.8) is 0 Å². The third-order valence-electron chi connectivity index (χ3n) is 2.88. The van der Waals surface area contributed by atoms with Crippen molar-refractivity contribution >= 4 is 34.2 Å². The fourth-order valence-electron chi connectivity index (χ4n) is 2.06. The number of non-ortho nitro benzene ring substituents is 1. The average molecular weight is 296 g/mol. The van der Waals surface area contributed by atoms with E-state index in [4.69, 9.17) is 0 Å². The molecule has 1 unspecified atom stereocenters. The van der Waals surface area contributed by atoms with E-state index in [1.54, 1.807) is 0 Å². The highest BCUT2D eigenvalue weighted by atomic mass is 32.2. The number of phenols is 1. The van der Waals surface area contributed by atoms with Gasteiger partial charge in [-0.15, -0.1) is 0 Å². The zero-order valence-corrected chi connectivity index (χ0v) is 11.4. The summed E-state index contributed by atoms with van der Waals surface area (Å²) in [5, 5.41) is 20.2. The van der Waals surface area contributed by atoms with Gasteiger partial charge in [-0.2, -0.15) is 0 Å². The number of hydrogen-bond donors (Lipinski definition) is 1. The molecule has 1 saturated heterocycles. The predicted octanol–water partition coefficient (Wildman–Crippen LogP) is 1.69. The van der Waals surface area contributed by atoms with E-state index in [1.165, 1.54) is 24.0 Å². The fraction of sp³-hybridized carbons (Fsp3) is 0.333. The molecule has 1 aliphatic heterocycles. The predicted molar refractivity (Wildman–Crippen MR) is 73.8 cm³/mol. The van der Waals surface area contributed by atoms with E-state index in [2.05, 4.69) is 0 Å². The van der Waals surface area contributed by atoms with E-state index in [-0.39, 0.29) is 46.4 Å². The summed E-state index contributed by atoms with van der Waals surface area (Å²) in [5.74, 6) is -0.461. The zero-order valence-electron chi connectivity index (χ0n) is 10.6. The summed E-state index contributed by atoms with van der Waals surface area (Å²) in [7, 11) is 0. The van der Waals surface area contributed by atoms with Crippen LogP contribution in [-0.2, 0) is 9.59 Å². The van der Waals surface area contributed by atoms with Gasteiger partial charge < -0.3 is 10.0 Å². The third-order valence-corrected chi connectivity index (χ3v) is 3.86. The highest BCUT2D eigenvalue weighted by molar-refractivity contribution is 8.14. The van der Waals surface area contributed by atoms with E-state index >= 15 is 0 Å². The molecule has 0 aromatic heterocycles. The molecule has 1 heterocycles. The molecule has 1 aromatic rings. The molecule has 20 heavy (non-hydrogen) atoms. The van der Waals surface area contributed by atoms with Crippen LogP contribution in [-0.4, -0.2) is 32.8 Å². The molecule has 8 heteroatoms. The van der Waals surface area contributed by atoms with Crippen LogP contribution in [0.25, 0.3) is 0 Å². The van der Waals surface area contributed by atoms with Crippen LogP contribution in [0.5, 0.6) is 5.75 Å². The molecule has 1 aromatic carbocycles. The number of nitro groups is 1. The number of carbonyl (C=O) groups is 2. The normalized spacial score (nSPS) is 18.4. The van der Waals surface area contributed by atoms with E-state index in [9.17, 15) is 24.8 Å². The van der Waals surface area contributed by atoms with Crippen LogP contribution in [0.15, 0.2) is 18.2 Å². The fourth-order valence-corrected chi connectivity index (χ4v) is 2.98. The summed E-state index contributed by atoms with van der Waals surface area (Å²) < 4.78 is 0. The first-order valence-electron chi connectivity index (χ1n) is 5.83. The summed E-state index contributed by atoms with van der Waals surface area (Å²) in [4.78, 5) is 34.4. The van der Waals surface area contributed by atoms with Crippen molar-refractivity contribution in [2.45, 2.75) is 18.6 Å². The maximum absolute atomic E-state index is 11.9. The second-order valence-corrected chi connectivity index (χ2v) is 5.85. The van der Waals surface area contributed by atoms with Crippen molar-refractivity contribution in [2.75, 3.05) is 11.4 Å². The van der Waals surface area contributed by atoms with Gasteiger partial charge in [-0.1, -0.05) is 11.8 Å².